The second kappa shape index (κ2) is 26.4. The number of benzene rings is 10. The summed E-state index contributed by atoms with van der Waals surface area (Å²) in [4.78, 5) is 13.4. The molecular formula is C81H82N6O6. The average Bonchev–Trinajstić information content (AvgIpc) is 0.819. The van der Waals surface area contributed by atoms with E-state index in [4.69, 9.17) is 28.4 Å². The molecule has 0 saturated carbocycles. The summed E-state index contributed by atoms with van der Waals surface area (Å²) >= 11 is 0. The predicted octanol–water partition coefficient (Wildman–Crippen LogP) is 16.3. The van der Waals surface area contributed by atoms with Crippen molar-refractivity contribution in [2.45, 2.75) is 84.2 Å². The molecule has 0 amide bonds. The minimum atomic E-state index is -0.159. The van der Waals surface area contributed by atoms with Crippen LogP contribution in [0.25, 0.3) is 0 Å². The molecule has 10 aromatic carbocycles. The first-order valence-electron chi connectivity index (χ1n) is 32.4. The first-order valence-corrected chi connectivity index (χ1v) is 32.4. The van der Waals surface area contributed by atoms with Crippen molar-refractivity contribution in [1.82, 2.24) is 9.80 Å². The van der Waals surface area contributed by atoms with Crippen LogP contribution in [0.15, 0.2) is 231 Å². The fraction of sp³-hybridized carbons (Fsp3) is 0.259. The van der Waals surface area contributed by atoms with Gasteiger partial charge in [0.1, 0.15) is 48.0 Å². The van der Waals surface area contributed by atoms with E-state index in [-0.39, 0.29) is 10.8 Å². The van der Waals surface area contributed by atoms with Crippen LogP contribution in [-0.2, 0) is 56.5 Å². The van der Waals surface area contributed by atoms with Gasteiger partial charge in [0.05, 0.1) is 0 Å². The number of anilines is 4. The zero-order valence-electron chi connectivity index (χ0n) is 54.3. The number of hydrogen-bond donors (Lipinski definition) is 0. The first-order chi connectivity index (χ1) is 45.3. The van der Waals surface area contributed by atoms with Gasteiger partial charge in [-0.1, -0.05) is 137 Å². The largest absolute Gasteiger partial charge is 0.478 e. The van der Waals surface area contributed by atoms with Gasteiger partial charge in [-0.25, -0.2) is 0 Å². The number of ether oxygens (including phenoxy) is 6. The van der Waals surface area contributed by atoms with E-state index in [0.717, 1.165) is 80.2 Å². The third kappa shape index (κ3) is 13.4. The summed E-state index contributed by atoms with van der Waals surface area (Å²) in [5.41, 5.74) is 19.7. The van der Waals surface area contributed by atoms with Crippen molar-refractivity contribution in [1.29, 1.82) is 0 Å². The molecule has 472 valence electrons. The van der Waals surface area contributed by atoms with Gasteiger partial charge in [0.2, 0.25) is 0 Å². The molecule has 6 aliphatic heterocycles. The molecule has 93 heavy (non-hydrogen) atoms. The SMILES string of the molecule is CC(C)(c1ccc2c(c1)CN(c1ccccc1)CO2)c1ccc2c(c1)CN(c1ccccc1)CO2.CN1COc2ccc(C(C)(C)c3ccc4c(c3)CN(C)CO4)cc2C1.c1ccc(N2COc3ccc(Cc4ccc5c(c4)CN(c4ccccc4)CO5)cc3C2)cc1. The minimum absolute atomic E-state index is 0.0733. The van der Waals surface area contributed by atoms with Gasteiger partial charge in [0, 0.05) is 106 Å². The summed E-state index contributed by atoms with van der Waals surface area (Å²) < 4.78 is 35.8. The van der Waals surface area contributed by atoms with Crippen LogP contribution < -0.4 is 48.0 Å². The lowest BCUT2D eigenvalue weighted by Gasteiger charge is -2.34. The summed E-state index contributed by atoms with van der Waals surface area (Å²) in [5, 5.41) is 0. The Morgan fingerprint density at radius 2 is 0.505 bits per heavy atom. The molecule has 6 aliphatic rings. The number of para-hydroxylation sites is 4. The zero-order valence-corrected chi connectivity index (χ0v) is 54.3. The van der Waals surface area contributed by atoms with E-state index in [1.807, 2.05) is 24.3 Å². The lowest BCUT2D eigenvalue weighted by Crippen LogP contribution is -2.32. The monoisotopic (exact) mass is 1230 g/mol. The highest BCUT2D eigenvalue weighted by Crippen LogP contribution is 2.42. The van der Waals surface area contributed by atoms with Gasteiger partial charge in [-0.15, -0.1) is 0 Å². The van der Waals surface area contributed by atoms with E-state index in [1.165, 1.54) is 89.5 Å². The molecule has 0 spiro atoms. The second-order valence-electron chi connectivity index (χ2n) is 26.4. The Bertz CT molecular complexity index is 3980. The highest BCUT2D eigenvalue weighted by atomic mass is 16.5. The number of rotatable bonds is 10. The minimum Gasteiger partial charge on any atom is -0.478 e. The lowest BCUT2D eigenvalue weighted by atomic mass is 9.77. The van der Waals surface area contributed by atoms with E-state index in [9.17, 15) is 0 Å². The fourth-order valence-corrected chi connectivity index (χ4v) is 13.4. The van der Waals surface area contributed by atoms with Gasteiger partial charge in [0.15, 0.2) is 26.9 Å². The summed E-state index contributed by atoms with van der Waals surface area (Å²) in [6.07, 6.45) is 0.886. The Balaban J connectivity index is 0.000000123. The molecule has 0 atom stereocenters. The van der Waals surface area contributed by atoms with Gasteiger partial charge >= 0.3 is 0 Å². The predicted molar refractivity (Wildman–Crippen MR) is 372 cm³/mol. The van der Waals surface area contributed by atoms with Crippen LogP contribution in [0, 0.1) is 0 Å². The Hall–Kier alpha value is -9.88. The summed E-state index contributed by atoms with van der Waals surface area (Å²) in [6, 6.07) is 81.6. The van der Waals surface area contributed by atoms with Crippen LogP contribution in [0.5, 0.6) is 34.5 Å². The molecule has 0 aromatic heterocycles. The van der Waals surface area contributed by atoms with E-state index < -0.39 is 0 Å². The zero-order chi connectivity index (χ0) is 63.5. The molecule has 6 heterocycles. The molecule has 0 saturated heterocycles. The highest BCUT2D eigenvalue weighted by molar-refractivity contribution is 5.57. The summed E-state index contributed by atoms with van der Waals surface area (Å²) in [6.45, 7) is 18.1. The third-order valence-corrected chi connectivity index (χ3v) is 19.0. The van der Waals surface area contributed by atoms with Crippen molar-refractivity contribution < 1.29 is 28.4 Å². The van der Waals surface area contributed by atoms with Crippen LogP contribution in [0.4, 0.5) is 22.7 Å². The van der Waals surface area contributed by atoms with Crippen molar-refractivity contribution in [3.05, 3.63) is 297 Å². The Morgan fingerprint density at radius 3 is 0.785 bits per heavy atom. The van der Waals surface area contributed by atoms with Crippen LogP contribution in [0.3, 0.4) is 0 Å². The Kier molecular flexibility index (Phi) is 17.2. The van der Waals surface area contributed by atoms with Gasteiger partial charge < -0.3 is 48.0 Å². The number of nitrogens with zero attached hydrogens (tertiary/aromatic N) is 6. The number of fused-ring (bicyclic) bond motifs is 6. The van der Waals surface area contributed by atoms with Gasteiger partial charge in [-0.3, -0.25) is 9.80 Å². The Morgan fingerprint density at radius 1 is 0.269 bits per heavy atom. The van der Waals surface area contributed by atoms with Crippen LogP contribution in [0.1, 0.15) is 94.5 Å². The molecular weight excluding hydrogens is 1150 g/mol. The molecule has 0 radical (unpaired) electrons. The maximum Gasteiger partial charge on any atom is 0.161 e. The third-order valence-electron chi connectivity index (χ3n) is 19.0. The fourth-order valence-electron chi connectivity index (χ4n) is 13.4. The molecule has 12 heteroatoms. The average molecular weight is 1240 g/mol. The summed E-state index contributed by atoms with van der Waals surface area (Å²) in [7, 11) is 4.17. The van der Waals surface area contributed by atoms with E-state index in [0.29, 0.717) is 40.4 Å². The van der Waals surface area contributed by atoms with E-state index in [2.05, 4.69) is 277 Å². The first kappa shape index (κ1) is 60.7. The maximum atomic E-state index is 6.10. The second-order valence-corrected chi connectivity index (χ2v) is 26.4. The van der Waals surface area contributed by atoms with Crippen LogP contribution >= 0.6 is 0 Å². The van der Waals surface area contributed by atoms with Crippen LogP contribution in [0.2, 0.25) is 0 Å². The molecule has 0 fully saturated rings. The van der Waals surface area contributed by atoms with Crippen molar-refractivity contribution in [2.24, 2.45) is 0 Å². The molecule has 10 aromatic rings. The molecule has 0 N–H and O–H groups in total. The summed E-state index contributed by atoms with van der Waals surface area (Å²) in [5.74, 6) is 5.96. The van der Waals surface area contributed by atoms with Gasteiger partial charge in [-0.2, -0.15) is 0 Å². The molecule has 0 unspecified atom stereocenters. The van der Waals surface area contributed by atoms with Gasteiger partial charge in [0.25, 0.3) is 0 Å². The molecule has 0 bridgehead atoms. The highest BCUT2D eigenvalue weighted by Gasteiger charge is 2.31. The molecule has 16 rings (SSSR count). The quantitative estimate of drug-likeness (QED) is 0.131. The van der Waals surface area contributed by atoms with E-state index in [1.54, 1.807) is 0 Å². The van der Waals surface area contributed by atoms with Crippen molar-refractivity contribution in [3.63, 3.8) is 0 Å². The van der Waals surface area contributed by atoms with Crippen LogP contribution in [-0.4, -0.2) is 64.3 Å². The lowest BCUT2D eigenvalue weighted by molar-refractivity contribution is 0.121. The van der Waals surface area contributed by atoms with Crippen molar-refractivity contribution in [2.75, 3.05) is 74.1 Å². The van der Waals surface area contributed by atoms with Gasteiger partial charge in [-0.05, 0) is 175 Å². The topological polar surface area (TPSA) is 74.8 Å². The van der Waals surface area contributed by atoms with Crippen molar-refractivity contribution >= 4 is 22.7 Å². The standard InChI is InChI=1S/C31H30N2O2.C29H26N2O2.C21H26N2O2/c1-31(2,25-13-15-29-23(17-25)19-32(21-34-29)27-9-5-3-6-10-27)26-14-16-30-24(18-26)20-33(22-35-30)28-11-7-4-8-12-28;1-3-7-26(8-4-1)30-18-24-16-22(11-13-28(24)32-20-30)15-23-12-14-29-25(17-23)19-31(21-33-29)27-9-5-2-6-10-27;1-21(2,17-5-7-19-15(9-17)11-22(3)13-24-19)18-6-8-20-16(10-18)12-23(4)14-25-20/h3-18H,19-22H2,1-2H3;1-14,16-17H,15,18-21H2;5-10H,11-14H2,1-4H3. The molecule has 0 aliphatic carbocycles. The van der Waals surface area contributed by atoms with Crippen molar-refractivity contribution in [3.8, 4) is 34.5 Å². The van der Waals surface area contributed by atoms with E-state index >= 15 is 0 Å². The number of hydrogen-bond acceptors (Lipinski definition) is 12. The normalized spacial score (nSPS) is 15.7. The smallest absolute Gasteiger partial charge is 0.161 e. The molecule has 12 nitrogen and oxygen atoms in total. The maximum absolute atomic E-state index is 6.10. The Labute approximate surface area is 548 Å².